The fraction of sp³-hybridized carbons (Fsp3) is 0.500. The summed E-state index contributed by atoms with van der Waals surface area (Å²) in [5.74, 6) is 2.65. The first-order valence-corrected chi connectivity index (χ1v) is 6.32. The zero-order valence-electron chi connectivity index (χ0n) is 11.5. The minimum Gasteiger partial charge on any atom is -0.120 e. The normalized spacial score (nSPS) is 7.75. The molecular formula is C16H26. The number of benzene rings is 1. The molecule has 0 saturated heterocycles. The van der Waals surface area contributed by atoms with Crippen LogP contribution < -0.4 is 0 Å². The van der Waals surface area contributed by atoms with Crippen LogP contribution in [0.25, 0.3) is 0 Å². The second-order valence-electron chi connectivity index (χ2n) is 3.05. The van der Waals surface area contributed by atoms with Crippen molar-refractivity contribution in [2.45, 2.75) is 53.9 Å². The summed E-state index contributed by atoms with van der Waals surface area (Å²) < 4.78 is 0. The summed E-state index contributed by atoms with van der Waals surface area (Å²) in [4.78, 5) is 0. The van der Waals surface area contributed by atoms with E-state index in [-0.39, 0.29) is 0 Å². The van der Waals surface area contributed by atoms with Crippen LogP contribution in [-0.4, -0.2) is 0 Å². The van der Waals surface area contributed by atoms with Crippen molar-refractivity contribution in [3.63, 3.8) is 0 Å². The number of terminal acetylenes is 1. The Kier molecular flexibility index (Phi) is 14.8. The second kappa shape index (κ2) is 13.8. The zero-order valence-corrected chi connectivity index (χ0v) is 11.5. The lowest BCUT2D eigenvalue weighted by Gasteiger charge is -1.99. The van der Waals surface area contributed by atoms with Crippen molar-refractivity contribution in [1.29, 1.82) is 0 Å². The predicted octanol–water partition coefficient (Wildman–Crippen LogP) is 5.00. The maximum atomic E-state index is 5.17. The Labute approximate surface area is 102 Å². The number of hydrogen-bond acceptors (Lipinski definition) is 0. The van der Waals surface area contributed by atoms with Crippen LogP contribution in [0, 0.1) is 19.3 Å². The molecule has 0 aromatic heterocycles. The molecule has 0 fully saturated rings. The van der Waals surface area contributed by atoms with Crippen LogP contribution in [0.4, 0.5) is 0 Å². The van der Waals surface area contributed by atoms with E-state index in [2.05, 4.69) is 37.1 Å². The Morgan fingerprint density at radius 3 is 2.25 bits per heavy atom. The molecular weight excluding hydrogens is 192 g/mol. The Morgan fingerprint density at radius 1 is 1.12 bits per heavy atom. The fourth-order valence-corrected chi connectivity index (χ4v) is 1.26. The maximum Gasteiger partial charge on any atom is 0.00892 e. The average molecular weight is 218 g/mol. The fourth-order valence-electron chi connectivity index (χ4n) is 1.26. The SMILES string of the molecule is C#CCCCc1cccc(C)c1.CC.CC. The van der Waals surface area contributed by atoms with Gasteiger partial charge in [0.1, 0.15) is 0 Å². The van der Waals surface area contributed by atoms with Crippen molar-refractivity contribution < 1.29 is 0 Å². The molecule has 0 bridgehead atoms. The van der Waals surface area contributed by atoms with Gasteiger partial charge in [-0.25, -0.2) is 0 Å². The summed E-state index contributed by atoms with van der Waals surface area (Å²) in [7, 11) is 0. The van der Waals surface area contributed by atoms with E-state index >= 15 is 0 Å². The van der Waals surface area contributed by atoms with Crippen LogP contribution in [0.15, 0.2) is 24.3 Å². The molecule has 0 saturated carbocycles. The number of aryl methyl sites for hydroxylation is 2. The molecule has 16 heavy (non-hydrogen) atoms. The van der Waals surface area contributed by atoms with Gasteiger partial charge in [-0.05, 0) is 25.3 Å². The monoisotopic (exact) mass is 218 g/mol. The van der Waals surface area contributed by atoms with Gasteiger partial charge in [-0.2, -0.15) is 0 Å². The molecule has 0 N–H and O–H groups in total. The van der Waals surface area contributed by atoms with Crippen LogP contribution in [0.1, 0.15) is 51.7 Å². The van der Waals surface area contributed by atoms with Crippen molar-refractivity contribution in [3.8, 4) is 12.3 Å². The summed E-state index contributed by atoms with van der Waals surface area (Å²) in [6, 6.07) is 8.59. The molecule has 0 spiro atoms. The highest BCUT2D eigenvalue weighted by Crippen LogP contribution is 2.07. The minimum atomic E-state index is 0.883. The largest absolute Gasteiger partial charge is 0.120 e. The second-order valence-corrected chi connectivity index (χ2v) is 3.05. The molecule has 0 heterocycles. The summed E-state index contributed by atoms with van der Waals surface area (Å²) in [5, 5.41) is 0. The van der Waals surface area contributed by atoms with Crippen molar-refractivity contribution >= 4 is 0 Å². The smallest absolute Gasteiger partial charge is 0.00892 e. The molecule has 0 aliphatic rings. The van der Waals surface area contributed by atoms with E-state index in [4.69, 9.17) is 6.42 Å². The first-order valence-electron chi connectivity index (χ1n) is 6.32. The van der Waals surface area contributed by atoms with E-state index in [0.717, 1.165) is 19.3 Å². The minimum absolute atomic E-state index is 0.883. The van der Waals surface area contributed by atoms with Gasteiger partial charge in [0.15, 0.2) is 0 Å². The Morgan fingerprint density at radius 2 is 1.75 bits per heavy atom. The third-order valence-corrected chi connectivity index (χ3v) is 1.87. The summed E-state index contributed by atoms with van der Waals surface area (Å²) in [6.45, 7) is 10.1. The molecule has 0 unspecified atom stereocenters. The predicted molar refractivity (Wildman–Crippen MR) is 75.6 cm³/mol. The number of rotatable bonds is 3. The van der Waals surface area contributed by atoms with Crippen LogP contribution >= 0.6 is 0 Å². The van der Waals surface area contributed by atoms with Crippen molar-refractivity contribution in [3.05, 3.63) is 35.4 Å². The topological polar surface area (TPSA) is 0 Å². The van der Waals surface area contributed by atoms with Gasteiger partial charge in [0.25, 0.3) is 0 Å². The van der Waals surface area contributed by atoms with Gasteiger partial charge in [0.05, 0.1) is 0 Å². The van der Waals surface area contributed by atoms with E-state index in [0.29, 0.717) is 0 Å². The molecule has 0 amide bonds. The van der Waals surface area contributed by atoms with E-state index in [1.807, 2.05) is 27.7 Å². The Hall–Kier alpha value is -1.22. The molecule has 1 rings (SSSR count). The molecule has 0 heteroatoms. The van der Waals surface area contributed by atoms with Gasteiger partial charge < -0.3 is 0 Å². The van der Waals surface area contributed by atoms with Crippen molar-refractivity contribution in [2.75, 3.05) is 0 Å². The van der Waals surface area contributed by atoms with E-state index in [9.17, 15) is 0 Å². The summed E-state index contributed by atoms with van der Waals surface area (Å²) >= 11 is 0. The van der Waals surface area contributed by atoms with Gasteiger partial charge in [-0.15, -0.1) is 12.3 Å². The summed E-state index contributed by atoms with van der Waals surface area (Å²) in [6.07, 6.45) is 8.26. The van der Waals surface area contributed by atoms with Crippen LogP contribution in [0.3, 0.4) is 0 Å². The quantitative estimate of drug-likeness (QED) is 0.494. The van der Waals surface area contributed by atoms with Gasteiger partial charge in [0, 0.05) is 6.42 Å². The molecule has 0 nitrogen and oxygen atoms in total. The molecule has 0 aliphatic carbocycles. The Balaban J connectivity index is 0. The molecule has 0 atom stereocenters. The highest BCUT2D eigenvalue weighted by molar-refractivity contribution is 5.22. The highest BCUT2D eigenvalue weighted by atomic mass is 14.0. The lowest BCUT2D eigenvalue weighted by Crippen LogP contribution is -1.84. The first-order chi connectivity index (χ1) is 7.83. The number of hydrogen-bond donors (Lipinski definition) is 0. The molecule has 1 aromatic rings. The van der Waals surface area contributed by atoms with Gasteiger partial charge >= 0.3 is 0 Å². The van der Waals surface area contributed by atoms with Crippen molar-refractivity contribution in [1.82, 2.24) is 0 Å². The molecule has 90 valence electrons. The van der Waals surface area contributed by atoms with Gasteiger partial charge in [0.2, 0.25) is 0 Å². The standard InChI is InChI=1S/C12H14.2C2H6/c1-3-4-5-8-12-9-6-7-11(2)10-12;2*1-2/h1,6-7,9-10H,4-5,8H2,2H3;2*1-2H3. The third-order valence-electron chi connectivity index (χ3n) is 1.87. The van der Waals surface area contributed by atoms with E-state index < -0.39 is 0 Å². The lowest BCUT2D eigenvalue weighted by molar-refractivity contribution is 0.857. The van der Waals surface area contributed by atoms with Gasteiger partial charge in [-0.3, -0.25) is 0 Å². The number of unbranched alkanes of at least 4 members (excludes halogenated alkanes) is 1. The van der Waals surface area contributed by atoms with E-state index in [1.54, 1.807) is 0 Å². The van der Waals surface area contributed by atoms with Crippen LogP contribution in [0.2, 0.25) is 0 Å². The molecule has 1 aromatic carbocycles. The van der Waals surface area contributed by atoms with Crippen LogP contribution in [0.5, 0.6) is 0 Å². The Bertz CT molecular complexity index is 278. The lowest BCUT2D eigenvalue weighted by atomic mass is 10.1. The zero-order chi connectivity index (χ0) is 12.8. The average Bonchev–Trinajstić information content (AvgIpc) is 2.35. The molecule has 0 aliphatic heterocycles. The maximum absolute atomic E-state index is 5.17. The first kappa shape index (κ1) is 17.2. The summed E-state index contributed by atoms with van der Waals surface area (Å²) in [5.41, 5.74) is 2.72. The highest BCUT2D eigenvalue weighted by Gasteiger charge is 1.91. The van der Waals surface area contributed by atoms with Gasteiger partial charge in [-0.1, -0.05) is 57.5 Å². The van der Waals surface area contributed by atoms with Crippen molar-refractivity contribution in [2.24, 2.45) is 0 Å². The third kappa shape index (κ3) is 9.34. The molecule has 0 radical (unpaired) electrons. The van der Waals surface area contributed by atoms with Crippen LogP contribution in [-0.2, 0) is 6.42 Å². The van der Waals surface area contributed by atoms with E-state index in [1.165, 1.54) is 11.1 Å².